The number of nitrogens with zero attached hydrogens (tertiary/aromatic N) is 4. The summed E-state index contributed by atoms with van der Waals surface area (Å²) in [6.07, 6.45) is 1.92. The van der Waals surface area contributed by atoms with E-state index in [1.54, 1.807) is 6.33 Å². The van der Waals surface area contributed by atoms with Crippen molar-refractivity contribution in [2.45, 2.75) is 31.2 Å². The van der Waals surface area contributed by atoms with Crippen molar-refractivity contribution in [2.24, 2.45) is 0 Å². The molecule has 4 rings (SSSR count). The number of aromatic nitrogens is 4. The van der Waals surface area contributed by atoms with Gasteiger partial charge in [-0.15, -0.1) is 21.5 Å². The van der Waals surface area contributed by atoms with Crippen LogP contribution in [0.4, 0.5) is 5.69 Å². The van der Waals surface area contributed by atoms with Gasteiger partial charge >= 0.3 is 0 Å². The van der Waals surface area contributed by atoms with Gasteiger partial charge in [-0.2, -0.15) is 0 Å². The van der Waals surface area contributed by atoms with Crippen molar-refractivity contribution in [1.82, 2.24) is 19.7 Å². The number of nitrogens with one attached hydrogen (secondary N) is 1. The Bertz CT molecular complexity index is 1220. The monoisotopic (exact) mass is 469 g/mol. The molecule has 2 aromatic heterocycles. The zero-order valence-corrected chi connectivity index (χ0v) is 19.4. The van der Waals surface area contributed by atoms with E-state index in [1.807, 2.05) is 66.3 Å². The highest BCUT2D eigenvalue weighted by Gasteiger charge is 2.12. The van der Waals surface area contributed by atoms with E-state index >= 15 is 0 Å². The van der Waals surface area contributed by atoms with Gasteiger partial charge in [-0.3, -0.25) is 9.36 Å². The SMILES string of the molecule is Cc1ccc(-n2cnnc2SCc2csc(CC(=O)Nc3ccccc3C)n2)cc1Cl. The first-order chi connectivity index (χ1) is 15.0. The van der Waals surface area contributed by atoms with Crippen molar-refractivity contribution in [3.8, 4) is 5.69 Å². The maximum Gasteiger partial charge on any atom is 0.231 e. The molecule has 0 bridgehead atoms. The quantitative estimate of drug-likeness (QED) is 0.363. The molecule has 2 heterocycles. The summed E-state index contributed by atoms with van der Waals surface area (Å²) in [5.41, 5.74) is 4.70. The zero-order chi connectivity index (χ0) is 21.8. The molecule has 9 heteroatoms. The Balaban J connectivity index is 1.37. The fraction of sp³-hybridized carbons (Fsp3) is 0.182. The van der Waals surface area contributed by atoms with E-state index < -0.39 is 0 Å². The Hall–Kier alpha value is -2.68. The number of amides is 1. The number of carbonyl (C=O) groups is 1. The summed E-state index contributed by atoms with van der Waals surface area (Å²) < 4.78 is 1.90. The lowest BCUT2D eigenvalue weighted by atomic mass is 10.2. The highest BCUT2D eigenvalue weighted by molar-refractivity contribution is 7.98. The van der Waals surface area contributed by atoms with Gasteiger partial charge in [0.05, 0.1) is 17.8 Å². The van der Waals surface area contributed by atoms with Crippen LogP contribution < -0.4 is 5.32 Å². The zero-order valence-electron chi connectivity index (χ0n) is 17.0. The largest absolute Gasteiger partial charge is 0.325 e. The Morgan fingerprint density at radius 1 is 1.19 bits per heavy atom. The van der Waals surface area contributed by atoms with Gasteiger partial charge in [0.2, 0.25) is 5.91 Å². The molecule has 0 spiro atoms. The van der Waals surface area contributed by atoms with Crippen LogP contribution in [0.1, 0.15) is 21.8 Å². The molecule has 31 heavy (non-hydrogen) atoms. The van der Waals surface area contributed by atoms with Crippen molar-refractivity contribution < 1.29 is 4.79 Å². The topological polar surface area (TPSA) is 72.7 Å². The standard InChI is InChI=1S/C22H20ClN5OS2/c1-14-7-8-17(9-18(14)23)28-13-24-27-22(28)31-12-16-11-30-21(25-16)10-20(29)26-19-6-4-3-5-15(19)2/h3-9,11,13H,10,12H2,1-2H3,(H,26,29). The maximum atomic E-state index is 12.4. The summed E-state index contributed by atoms with van der Waals surface area (Å²) in [7, 11) is 0. The molecule has 0 unspecified atom stereocenters. The number of carbonyl (C=O) groups excluding carboxylic acids is 1. The molecule has 2 aromatic carbocycles. The third-order valence-corrected chi connectivity index (χ3v) is 6.91. The number of thioether (sulfide) groups is 1. The van der Waals surface area contributed by atoms with E-state index in [4.69, 9.17) is 11.6 Å². The molecule has 0 atom stereocenters. The number of anilines is 1. The lowest BCUT2D eigenvalue weighted by Crippen LogP contribution is -2.15. The maximum absolute atomic E-state index is 12.4. The fourth-order valence-corrected chi connectivity index (χ4v) is 4.81. The minimum atomic E-state index is -0.0705. The number of thiazole rings is 1. The molecule has 6 nitrogen and oxygen atoms in total. The molecule has 4 aromatic rings. The smallest absolute Gasteiger partial charge is 0.231 e. The third kappa shape index (κ3) is 5.33. The average Bonchev–Trinajstić information content (AvgIpc) is 3.39. The van der Waals surface area contributed by atoms with Crippen LogP contribution in [0.5, 0.6) is 0 Å². The number of halogens is 1. The summed E-state index contributed by atoms with van der Waals surface area (Å²) in [6, 6.07) is 13.6. The second-order valence-electron chi connectivity index (χ2n) is 6.98. The van der Waals surface area contributed by atoms with Gasteiger partial charge in [-0.05, 0) is 43.2 Å². The minimum Gasteiger partial charge on any atom is -0.325 e. The molecule has 1 N–H and O–H groups in total. The number of aryl methyl sites for hydroxylation is 2. The Kier molecular flexibility index (Phi) is 6.70. The van der Waals surface area contributed by atoms with Gasteiger partial charge < -0.3 is 5.32 Å². The average molecular weight is 470 g/mol. The van der Waals surface area contributed by atoms with E-state index in [1.165, 1.54) is 23.1 Å². The molecule has 158 valence electrons. The summed E-state index contributed by atoms with van der Waals surface area (Å²) in [5, 5.41) is 15.4. The van der Waals surface area contributed by atoms with E-state index in [9.17, 15) is 4.79 Å². The first-order valence-electron chi connectivity index (χ1n) is 9.57. The molecule has 0 radical (unpaired) electrons. The third-order valence-electron chi connectivity index (χ3n) is 4.63. The Labute approximate surface area is 193 Å². The molecule has 1 amide bonds. The lowest BCUT2D eigenvalue weighted by molar-refractivity contribution is -0.115. The lowest BCUT2D eigenvalue weighted by Gasteiger charge is -2.07. The Morgan fingerprint density at radius 3 is 2.84 bits per heavy atom. The number of para-hydroxylation sites is 1. The first kappa shape index (κ1) is 21.5. The second-order valence-corrected chi connectivity index (χ2v) is 9.27. The van der Waals surface area contributed by atoms with Crippen molar-refractivity contribution in [3.63, 3.8) is 0 Å². The normalized spacial score (nSPS) is 10.9. The Morgan fingerprint density at radius 2 is 2.03 bits per heavy atom. The number of rotatable bonds is 7. The van der Waals surface area contributed by atoms with Crippen LogP contribution >= 0.6 is 34.7 Å². The van der Waals surface area contributed by atoms with Gasteiger partial charge in [0, 0.05) is 21.8 Å². The summed E-state index contributed by atoms with van der Waals surface area (Å²) in [5.74, 6) is 0.563. The second kappa shape index (κ2) is 9.64. The predicted octanol–water partition coefficient (Wildman–Crippen LogP) is 5.47. The fourth-order valence-electron chi connectivity index (χ4n) is 2.91. The van der Waals surface area contributed by atoms with E-state index in [0.717, 1.165) is 38.4 Å². The number of hydrogen-bond acceptors (Lipinski definition) is 6. The van der Waals surface area contributed by atoms with Crippen molar-refractivity contribution in [1.29, 1.82) is 0 Å². The summed E-state index contributed by atoms with van der Waals surface area (Å²) >= 11 is 9.28. The van der Waals surface area contributed by atoms with Crippen LogP contribution in [-0.2, 0) is 17.0 Å². The summed E-state index contributed by atoms with van der Waals surface area (Å²) in [6.45, 7) is 3.94. The number of benzene rings is 2. The van der Waals surface area contributed by atoms with E-state index in [2.05, 4.69) is 20.5 Å². The highest BCUT2D eigenvalue weighted by atomic mass is 35.5. The van der Waals surface area contributed by atoms with Gasteiger partial charge in [-0.25, -0.2) is 4.98 Å². The molecule has 0 saturated heterocycles. The van der Waals surface area contributed by atoms with Crippen molar-refractivity contribution in [2.75, 3.05) is 5.32 Å². The molecular formula is C22H20ClN5OS2. The minimum absolute atomic E-state index is 0.0705. The molecule has 0 fully saturated rings. The number of hydrogen-bond donors (Lipinski definition) is 1. The molecule has 0 aliphatic rings. The molecule has 0 aliphatic carbocycles. The van der Waals surface area contributed by atoms with Gasteiger partial charge in [-0.1, -0.05) is 47.6 Å². The molecular weight excluding hydrogens is 450 g/mol. The van der Waals surface area contributed by atoms with Crippen LogP contribution in [-0.4, -0.2) is 25.7 Å². The van der Waals surface area contributed by atoms with E-state index in [0.29, 0.717) is 10.8 Å². The van der Waals surface area contributed by atoms with E-state index in [-0.39, 0.29) is 12.3 Å². The summed E-state index contributed by atoms with van der Waals surface area (Å²) in [4.78, 5) is 17.0. The van der Waals surface area contributed by atoms with Gasteiger partial charge in [0.15, 0.2) is 5.16 Å². The first-order valence-corrected chi connectivity index (χ1v) is 11.8. The predicted molar refractivity (Wildman–Crippen MR) is 126 cm³/mol. The highest BCUT2D eigenvalue weighted by Crippen LogP contribution is 2.26. The van der Waals surface area contributed by atoms with Gasteiger partial charge in [0.1, 0.15) is 11.3 Å². The van der Waals surface area contributed by atoms with Gasteiger partial charge in [0.25, 0.3) is 0 Å². The van der Waals surface area contributed by atoms with Crippen molar-refractivity contribution >= 4 is 46.3 Å². The van der Waals surface area contributed by atoms with Crippen LogP contribution in [0.25, 0.3) is 5.69 Å². The van der Waals surface area contributed by atoms with Crippen LogP contribution in [0.2, 0.25) is 5.02 Å². The molecule has 0 saturated carbocycles. The van der Waals surface area contributed by atoms with Crippen molar-refractivity contribution in [3.05, 3.63) is 81.0 Å². The van der Waals surface area contributed by atoms with Crippen LogP contribution in [0.3, 0.4) is 0 Å². The molecule has 0 aliphatic heterocycles. The van der Waals surface area contributed by atoms with Crippen LogP contribution in [0.15, 0.2) is 59.3 Å². The van der Waals surface area contributed by atoms with Crippen LogP contribution in [0, 0.1) is 13.8 Å².